The number of benzene rings is 2. The number of rotatable bonds is 7. The van der Waals surface area contributed by atoms with E-state index in [1.165, 1.54) is 17.8 Å². The molecule has 0 fully saturated rings. The second kappa shape index (κ2) is 8.44. The van der Waals surface area contributed by atoms with Crippen LogP contribution in [0.5, 0.6) is 0 Å². The van der Waals surface area contributed by atoms with Crippen LogP contribution in [0.1, 0.15) is 23.9 Å². The molecule has 2 aromatic carbocycles. The molecule has 3 rings (SSSR count). The third kappa shape index (κ3) is 4.37. The Morgan fingerprint density at radius 1 is 1.12 bits per heavy atom. The van der Waals surface area contributed by atoms with Crippen molar-refractivity contribution in [3.63, 3.8) is 0 Å². The minimum atomic E-state index is -0.380. The highest BCUT2D eigenvalue weighted by atomic mass is 32.2. The fourth-order valence-corrected chi connectivity index (χ4v) is 3.42. The van der Waals surface area contributed by atoms with E-state index in [1.54, 1.807) is 12.1 Å². The molecule has 26 heavy (non-hydrogen) atoms. The van der Waals surface area contributed by atoms with Gasteiger partial charge in [0.2, 0.25) is 0 Å². The van der Waals surface area contributed by atoms with E-state index in [2.05, 4.69) is 10.2 Å². The zero-order valence-electron chi connectivity index (χ0n) is 14.3. The van der Waals surface area contributed by atoms with Crippen LogP contribution in [0.25, 0.3) is 12.2 Å². The van der Waals surface area contributed by atoms with Crippen molar-refractivity contribution in [1.82, 2.24) is 14.8 Å². The highest BCUT2D eigenvalue weighted by molar-refractivity contribution is 7.98. The van der Waals surface area contributed by atoms with Crippen LogP contribution in [0.4, 0.5) is 5.69 Å². The van der Waals surface area contributed by atoms with E-state index in [1.807, 2.05) is 60.0 Å². The molecule has 3 aromatic rings. The fraction of sp³-hybridized carbons (Fsp3) is 0.158. The third-order valence-electron chi connectivity index (χ3n) is 3.78. The highest BCUT2D eigenvalue weighted by Gasteiger charge is 2.11. The summed E-state index contributed by atoms with van der Waals surface area (Å²) in [6.45, 7) is 2.79. The van der Waals surface area contributed by atoms with E-state index in [0.29, 0.717) is 5.75 Å². The lowest BCUT2D eigenvalue weighted by Gasteiger charge is -2.05. The normalized spacial score (nSPS) is 11.1. The standard InChI is InChI=1S/C19H18N4O2S/c1-2-22-18(12-11-15-7-4-3-5-8-15)20-21-19(22)26-14-16-9-6-10-17(13-16)23(24)25/h3-13H,2,14H2,1H3. The summed E-state index contributed by atoms with van der Waals surface area (Å²) >= 11 is 1.52. The zero-order chi connectivity index (χ0) is 18.4. The first-order valence-corrected chi connectivity index (χ1v) is 9.18. The molecule has 0 radical (unpaired) electrons. The molecule has 0 atom stereocenters. The van der Waals surface area contributed by atoms with Crippen LogP contribution in [0.3, 0.4) is 0 Å². The SMILES string of the molecule is CCn1c(C=Cc2ccccc2)nnc1SCc1cccc([N+](=O)[O-])c1. The molecule has 0 spiro atoms. The van der Waals surface area contributed by atoms with Gasteiger partial charge in [0.05, 0.1) is 4.92 Å². The zero-order valence-corrected chi connectivity index (χ0v) is 15.1. The molecule has 0 saturated heterocycles. The predicted octanol–water partition coefficient (Wildman–Crippen LogP) is 4.67. The van der Waals surface area contributed by atoms with Crippen molar-refractivity contribution in [3.05, 3.63) is 81.7 Å². The molecule has 1 heterocycles. The molecule has 7 heteroatoms. The number of thioether (sulfide) groups is 1. The van der Waals surface area contributed by atoms with Crippen molar-refractivity contribution in [2.45, 2.75) is 24.4 Å². The van der Waals surface area contributed by atoms with Crippen LogP contribution >= 0.6 is 11.8 Å². The van der Waals surface area contributed by atoms with Gasteiger partial charge >= 0.3 is 0 Å². The van der Waals surface area contributed by atoms with Crippen LogP contribution in [-0.2, 0) is 12.3 Å². The largest absolute Gasteiger partial charge is 0.303 e. The maximum atomic E-state index is 10.9. The van der Waals surface area contributed by atoms with Crippen molar-refractivity contribution >= 4 is 29.6 Å². The Morgan fingerprint density at radius 3 is 2.65 bits per heavy atom. The van der Waals surface area contributed by atoms with Crippen LogP contribution in [0.15, 0.2) is 59.8 Å². The van der Waals surface area contributed by atoms with Crippen LogP contribution in [0.2, 0.25) is 0 Å². The van der Waals surface area contributed by atoms with Gasteiger partial charge in [-0.2, -0.15) is 0 Å². The maximum Gasteiger partial charge on any atom is 0.269 e. The average molecular weight is 366 g/mol. The van der Waals surface area contributed by atoms with Crippen molar-refractivity contribution < 1.29 is 4.92 Å². The Morgan fingerprint density at radius 2 is 1.92 bits per heavy atom. The van der Waals surface area contributed by atoms with Crippen molar-refractivity contribution in [3.8, 4) is 0 Å². The molecule has 0 aliphatic heterocycles. The van der Waals surface area contributed by atoms with Crippen molar-refractivity contribution in [1.29, 1.82) is 0 Å². The lowest BCUT2D eigenvalue weighted by atomic mass is 10.2. The fourth-order valence-electron chi connectivity index (χ4n) is 2.47. The highest BCUT2D eigenvalue weighted by Crippen LogP contribution is 2.24. The van der Waals surface area contributed by atoms with Crippen molar-refractivity contribution in [2.75, 3.05) is 0 Å². The molecular weight excluding hydrogens is 348 g/mol. The quantitative estimate of drug-likeness (QED) is 0.345. The first-order chi connectivity index (χ1) is 12.7. The van der Waals surface area contributed by atoms with Gasteiger partial charge in [0, 0.05) is 24.4 Å². The minimum absolute atomic E-state index is 0.103. The second-order valence-electron chi connectivity index (χ2n) is 5.54. The monoisotopic (exact) mass is 366 g/mol. The lowest BCUT2D eigenvalue weighted by Crippen LogP contribution is -1.99. The Hall–Kier alpha value is -2.93. The Bertz CT molecular complexity index is 922. The summed E-state index contributed by atoms with van der Waals surface area (Å²) in [4.78, 5) is 10.5. The number of non-ortho nitro benzene ring substituents is 1. The average Bonchev–Trinajstić information content (AvgIpc) is 3.07. The topological polar surface area (TPSA) is 73.8 Å². The number of hydrogen-bond acceptors (Lipinski definition) is 5. The number of nitrogens with zero attached hydrogens (tertiary/aromatic N) is 4. The first-order valence-electron chi connectivity index (χ1n) is 8.20. The summed E-state index contributed by atoms with van der Waals surface area (Å²) in [6.07, 6.45) is 3.95. The third-order valence-corrected chi connectivity index (χ3v) is 4.81. The van der Waals surface area contributed by atoms with Gasteiger partial charge in [-0.3, -0.25) is 10.1 Å². The van der Waals surface area contributed by atoms with E-state index in [9.17, 15) is 10.1 Å². The summed E-state index contributed by atoms with van der Waals surface area (Å²) < 4.78 is 2.03. The van der Waals surface area contributed by atoms with Crippen LogP contribution in [0, 0.1) is 10.1 Å². The van der Waals surface area contributed by atoms with Gasteiger partial charge in [-0.1, -0.05) is 60.3 Å². The van der Waals surface area contributed by atoms with Gasteiger partial charge < -0.3 is 4.57 Å². The summed E-state index contributed by atoms with van der Waals surface area (Å²) in [6, 6.07) is 16.7. The summed E-state index contributed by atoms with van der Waals surface area (Å²) in [5, 5.41) is 20.2. The van der Waals surface area contributed by atoms with Crippen LogP contribution in [-0.4, -0.2) is 19.7 Å². The van der Waals surface area contributed by atoms with Gasteiger partial charge in [0.1, 0.15) is 0 Å². The number of hydrogen-bond donors (Lipinski definition) is 0. The molecule has 0 aliphatic rings. The molecular formula is C19H18N4O2S. The van der Waals surface area contributed by atoms with E-state index in [-0.39, 0.29) is 10.6 Å². The number of nitro benzene ring substituents is 1. The Balaban J connectivity index is 1.73. The predicted molar refractivity (Wildman–Crippen MR) is 104 cm³/mol. The Labute approximate surface area is 155 Å². The van der Waals surface area contributed by atoms with Gasteiger partial charge in [-0.05, 0) is 24.1 Å². The number of nitro groups is 1. The number of aromatic nitrogens is 3. The summed E-state index contributed by atoms with van der Waals surface area (Å²) in [5.41, 5.74) is 2.09. The van der Waals surface area contributed by atoms with E-state index in [0.717, 1.165) is 28.7 Å². The summed E-state index contributed by atoms with van der Waals surface area (Å²) in [5.74, 6) is 1.39. The molecule has 0 saturated carbocycles. The maximum absolute atomic E-state index is 10.9. The smallest absolute Gasteiger partial charge is 0.269 e. The van der Waals surface area contributed by atoms with E-state index < -0.39 is 0 Å². The molecule has 6 nitrogen and oxygen atoms in total. The van der Waals surface area contributed by atoms with Gasteiger partial charge in [-0.25, -0.2) is 0 Å². The lowest BCUT2D eigenvalue weighted by molar-refractivity contribution is -0.384. The van der Waals surface area contributed by atoms with Gasteiger partial charge in [-0.15, -0.1) is 10.2 Å². The van der Waals surface area contributed by atoms with Crippen molar-refractivity contribution in [2.24, 2.45) is 0 Å². The molecule has 0 unspecified atom stereocenters. The molecule has 0 bridgehead atoms. The molecule has 1 aromatic heterocycles. The van der Waals surface area contributed by atoms with Gasteiger partial charge in [0.15, 0.2) is 11.0 Å². The second-order valence-corrected chi connectivity index (χ2v) is 6.49. The summed E-state index contributed by atoms with van der Waals surface area (Å²) in [7, 11) is 0. The molecule has 0 aliphatic carbocycles. The first kappa shape index (κ1) is 17.9. The molecule has 132 valence electrons. The minimum Gasteiger partial charge on any atom is -0.303 e. The van der Waals surface area contributed by atoms with E-state index in [4.69, 9.17) is 0 Å². The van der Waals surface area contributed by atoms with Gasteiger partial charge in [0.25, 0.3) is 5.69 Å². The molecule has 0 amide bonds. The molecule has 0 N–H and O–H groups in total. The Kier molecular flexibility index (Phi) is 5.80. The van der Waals surface area contributed by atoms with E-state index >= 15 is 0 Å². The van der Waals surface area contributed by atoms with Crippen LogP contribution < -0.4 is 0 Å².